The maximum Gasteiger partial charge on any atom is 0.130 e. The van der Waals surface area contributed by atoms with Crippen molar-refractivity contribution in [1.82, 2.24) is 0 Å². The highest BCUT2D eigenvalue weighted by Crippen LogP contribution is 2.24. The summed E-state index contributed by atoms with van der Waals surface area (Å²) in [6.45, 7) is 0.277. The molecule has 4 heteroatoms. The molecule has 0 unspecified atom stereocenters. The van der Waals surface area contributed by atoms with E-state index < -0.39 is 5.82 Å². The van der Waals surface area contributed by atoms with Crippen LogP contribution in [0.15, 0.2) is 42.5 Å². The second-order valence-corrected chi connectivity index (χ2v) is 4.82. The number of anilines is 1. The molecule has 1 N–H and O–H groups in total. The number of aliphatic hydroxyl groups is 1. The summed E-state index contributed by atoms with van der Waals surface area (Å²) >= 11 is 5.94. The van der Waals surface area contributed by atoms with Crippen molar-refractivity contribution in [3.8, 4) is 0 Å². The van der Waals surface area contributed by atoms with E-state index in [1.165, 1.54) is 6.07 Å². The molecule has 0 amide bonds. The molecule has 0 aliphatic rings. The number of halogens is 2. The summed E-state index contributed by atoms with van der Waals surface area (Å²) in [6, 6.07) is 12.3. The van der Waals surface area contributed by atoms with Gasteiger partial charge in [0.15, 0.2) is 0 Å². The Morgan fingerprint density at radius 3 is 2.63 bits per heavy atom. The highest BCUT2D eigenvalue weighted by atomic mass is 35.5. The summed E-state index contributed by atoms with van der Waals surface area (Å²) in [5.74, 6) is -0.391. The Morgan fingerprint density at radius 1 is 1.21 bits per heavy atom. The predicted octanol–water partition coefficient (Wildman–Crippen LogP) is 3.61. The molecule has 100 valence electrons. The summed E-state index contributed by atoms with van der Waals surface area (Å²) in [6.07, 6.45) is 0. The molecule has 0 radical (unpaired) electrons. The van der Waals surface area contributed by atoms with Crippen molar-refractivity contribution in [3.63, 3.8) is 0 Å². The Morgan fingerprint density at radius 2 is 1.95 bits per heavy atom. The van der Waals surface area contributed by atoms with Crippen LogP contribution in [-0.2, 0) is 13.2 Å². The minimum atomic E-state index is -0.391. The van der Waals surface area contributed by atoms with Crippen molar-refractivity contribution >= 4 is 17.3 Å². The molecular formula is C15H15ClFNO. The molecule has 0 saturated heterocycles. The van der Waals surface area contributed by atoms with Gasteiger partial charge in [0.25, 0.3) is 0 Å². The summed E-state index contributed by atoms with van der Waals surface area (Å²) in [4.78, 5) is 1.89. The summed E-state index contributed by atoms with van der Waals surface area (Å²) < 4.78 is 13.6. The number of aliphatic hydroxyl groups excluding tert-OH is 1. The van der Waals surface area contributed by atoms with E-state index in [4.69, 9.17) is 11.6 Å². The van der Waals surface area contributed by atoms with E-state index in [2.05, 4.69) is 0 Å². The molecule has 19 heavy (non-hydrogen) atoms. The zero-order valence-electron chi connectivity index (χ0n) is 10.6. The van der Waals surface area contributed by atoms with Crippen molar-refractivity contribution in [2.24, 2.45) is 0 Å². The van der Waals surface area contributed by atoms with Crippen molar-refractivity contribution in [2.45, 2.75) is 13.2 Å². The first-order valence-electron chi connectivity index (χ1n) is 5.95. The van der Waals surface area contributed by atoms with Crippen LogP contribution in [0.3, 0.4) is 0 Å². The van der Waals surface area contributed by atoms with Crippen LogP contribution in [0, 0.1) is 5.82 Å². The van der Waals surface area contributed by atoms with Gasteiger partial charge in [0.2, 0.25) is 0 Å². The first-order valence-corrected chi connectivity index (χ1v) is 6.33. The van der Waals surface area contributed by atoms with E-state index in [1.54, 1.807) is 12.1 Å². The molecule has 2 aromatic carbocycles. The largest absolute Gasteiger partial charge is 0.391 e. The molecule has 0 spiro atoms. The fourth-order valence-corrected chi connectivity index (χ4v) is 2.27. The van der Waals surface area contributed by atoms with Gasteiger partial charge in [-0.2, -0.15) is 0 Å². The predicted molar refractivity (Wildman–Crippen MR) is 75.9 cm³/mol. The molecule has 2 rings (SSSR count). The van der Waals surface area contributed by atoms with Crippen molar-refractivity contribution in [1.29, 1.82) is 0 Å². The van der Waals surface area contributed by atoms with E-state index in [1.807, 2.05) is 36.2 Å². The lowest BCUT2D eigenvalue weighted by molar-refractivity contribution is 0.276. The normalized spacial score (nSPS) is 10.5. The molecule has 0 heterocycles. The molecule has 0 bridgehead atoms. The lowest BCUT2D eigenvalue weighted by Gasteiger charge is -2.22. The zero-order valence-corrected chi connectivity index (χ0v) is 11.4. The average molecular weight is 280 g/mol. The average Bonchev–Trinajstić information content (AvgIpc) is 2.38. The first-order chi connectivity index (χ1) is 9.11. The maximum absolute atomic E-state index is 13.6. The zero-order chi connectivity index (χ0) is 13.8. The maximum atomic E-state index is 13.6. The van der Waals surface area contributed by atoms with Gasteiger partial charge in [-0.3, -0.25) is 0 Å². The van der Waals surface area contributed by atoms with E-state index in [0.717, 1.165) is 5.56 Å². The standard InChI is InChI=1S/C15H15ClFNO/c1-18(9-11-4-2-5-12(16)8-11)15-7-3-6-14(17)13(15)10-19/h2-8,19H,9-10H2,1H3. The Labute approximate surface area is 117 Å². The smallest absolute Gasteiger partial charge is 0.130 e. The van der Waals surface area contributed by atoms with Crippen LogP contribution in [0.25, 0.3) is 0 Å². The third-order valence-corrected chi connectivity index (χ3v) is 3.21. The van der Waals surface area contributed by atoms with Crippen LogP contribution < -0.4 is 4.90 Å². The van der Waals surface area contributed by atoms with Crippen molar-refractivity contribution in [3.05, 3.63) is 64.4 Å². The quantitative estimate of drug-likeness (QED) is 0.924. The Hall–Kier alpha value is -1.58. The van der Waals surface area contributed by atoms with Crippen LogP contribution in [0.5, 0.6) is 0 Å². The Kier molecular flexibility index (Phi) is 4.40. The SMILES string of the molecule is CN(Cc1cccc(Cl)c1)c1cccc(F)c1CO. The molecular weight excluding hydrogens is 265 g/mol. The molecule has 0 fully saturated rings. The molecule has 2 aromatic rings. The lowest BCUT2D eigenvalue weighted by Crippen LogP contribution is -2.18. The monoisotopic (exact) mass is 279 g/mol. The Balaban J connectivity index is 2.25. The van der Waals surface area contributed by atoms with Crippen LogP contribution >= 0.6 is 11.6 Å². The van der Waals surface area contributed by atoms with Gasteiger partial charge in [-0.25, -0.2) is 4.39 Å². The molecule has 0 aliphatic heterocycles. The van der Waals surface area contributed by atoms with Crippen LogP contribution in [-0.4, -0.2) is 12.2 Å². The topological polar surface area (TPSA) is 23.5 Å². The van der Waals surface area contributed by atoms with Crippen LogP contribution in [0.1, 0.15) is 11.1 Å². The third-order valence-electron chi connectivity index (χ3n) is 2.97. The van der Waals surface area contributed by atoms with Gasteiger partial charge in [0.1, 0.15) is 5.82 Å². The van der Waals surface area contributed by atoms with Gasteiger partial charge in [0.05, 0.1) is 6.61 Å². The van der Waals surface area contributed by atoms with E-state index >= 15 is 0 Å². The second kappa shape index (κ2) is 6.04. The number of benzene rings is 2. The van der Waals surface area contributed by atoms with E-state index in [0.29, 0.717) is 22.8 Å². The molecule has 2 nitrogen and oxygen atoms in total. The second-order valence-electron chi connectivity index (χ2n) is 4.38. The number of hydrogen-bond donors (Lipinski definition) is 1. The molecule has 0 saturated carbocycles. The summed E-state index contributed by atoms with van der Waals surface area (Å²) in [7, 11) is 1.86. The Bertz CT molecular complexity index is 574. The minimum absolute atomic E-state index is 0.312. The van der Waals surface area contributed by atoms with E-state index in [-0.39, 0.29) is 6.61 Å². The molecule has 0 aliphatic carbocycles. The fourth-order valence-electron chi connectivity index (χ4n) is 2.06. The van der Waals surface area contributed by atoms with E-state index in [9.17, 15) is 9.50 Å². The highest BCUT2D eigenvalue weighted by molar-refractivity contribution is 6.30. The minimum Gasteiger partial charge on any atom is -0.391 e. The van der Waals surface area contributed by atoms with Gasteiger partial charge in [-0.15, -0.1) is 0 Å². The summed E-state index contributed by atoms with van der Waals surface area (Å²) in [5.41, 5.74) is 2.03. The lowest BCUT2D eigenvalue weighted by atomic mass is 10.1. The first kappa shape index (κ1) is 13.8. The highest BCUT2D eigenvalue weighted by Gasteiger charge is 2.11. The van der Waals surface area contributed by atoms with Crippen LogP contribution in [0.4, 0.5) is 10.1 Å². The number of nitrogens with zero attached hydrogens (tertiary/aromatic N) is 1. The van der Waals surface area contributed by atoms with Gasteiger partial charge in [-0.05, 0) is 29.8 Å². The molecule has 0 atom stereocenters. The van der Waals surface area contributed by atoms with Crippen molar-refractivity contribution < 1.29 is 9.50 Å². The van der Waals surface area contributed by atoms with Crippen LogP contribution in [0.2, 0.25) is 5.02 Å². The van der Waals surface area contributed by atoms with Crippen molar-refractivity contribution in [2.75, 3.05) is 11.9 Å². The van der Waals surface area contributed by atoms with Gasteiger partial charge in [0, 0.05) is 29.9 Å². The summed E-state index contributed by atoms with van der Waals surface area (Å²) in [5, 5.41) is 9.94. The molecule has 0 aromatic heterocycles. The van der Waals surface area contributed by atoms with Gasteiger partial charge >= 0.3 is 0 Å². The van der Waals surface area contributed by atoms with Gasteiger partial charge < -0.3 is 10.0 Å². The van der Waals surface area contributed by atoms with Gasteiger partial charge in [-0.1, -0.05) is 29.8 Å². The third kappa shape index (κ3) is 3.25. The number of hydrogen-bond acceptors (Lipinski definition) is 2. The fraction of sp³-hybridized carbons (Fsp3) is 0.200. The number of rotatable bonds is 4.